The van der Waals surface area contributed by atoms with Crippen molar-refractivity contribution in [3.63, 3.8) is 0 Å². The monoisotopic (exact) mass is 518 g/mol. The number of hydrogen-bond donors (Lipinski definition) is 3. The minimum absolute atomic E-state index is 0.00998. The van der Waals surface area contributed by atoms with Crippen molar-refractivity contribution in [3.8, 4) is 17.3 Å². The first-order chi connectivity index (χ1) is 18.4. The number of ether oxygens (including phenoxy) is 1. The zero-order valence-electron chi connectivity index (χ0n) is 22.4. The van der Waals surface area contributed by atoms with Crippen LogP contribution < -0.4 is 15.4 Å². The van der Waals surface area contributed by atoms with Gasteiger partial charge in [-0.1, -0.05) is 19.1 Å². The normalized spacial score (nSPS) is 15.5. The zero-order valence-corrected chi connectivity index (χ0v) is 22.4. The fourth-order valence-electron chi connectivity index (χ4n) is 4.86. The number of hydrogen-bond acceptors (Lipinski definition) is 9. The Balaban J connectivity index is 1.41. The minimum Gasteiger partial charge on any atom is -0.478 e. The Morgan fingerprint density at radius 3 is 2.71 bits per heavy atom. The van der Waals surface area contributed by atoms with E-state index in [9.17, 15) is 4.79 Å². The molecule has 4 heterocycles. The lowest BCUT2D eigenvalue weighted by Gasteiger charge is -2.36. The van der Waals surface area contributed by atoms with Gasteiger partial charge in [-0.25, -0.2) is 9.97 Å². The maximum atomic E-state index is 13.3. The van der Waals surface area contributed by atoms with Gasteiger partial charge in [0.05, 0.1) is 36.4 Å². The van der Waals surface area contributed by atoms with E-state index in [1.54, 1.807) is 24.2 Å². The zero-order chi connectivity index (χ0) is 26.8. The van der Waals surface area contributed by atoms with Gasteiger partial charge < -0.3 is 20.3 Å². The van der Waals surface area contributed by atoms with Crippen molar-refractivity contribution in [2.45, 2.75) is 26.3 Å². The van der Waals surface area contributed by atoms with E-state index in [0.717, 1.165) is 49.2 Å². The molecule has 1 fully saturated rings. The van der Waals surface area contributed by atoms with Crippen molar-refractivity contribution in [2.24, 2.45) is 7.05 Å². The smallest absolute Gasteiger partial charge is 0.256 e. The van der Waals surface area contributed by atoms with Gasteiger partial charge in [-0.15, -0.1) is 5.10 Å². The molecule has 1 aliphatic rings. The standard InChI is InChI=1S/C26H34N10O2/c1-6-20(36-12-10-34(3)11-13-36)24(37)28-18-9-7-8-17-22(18)31-32-23(17)21-16(2)14-27-26(30-21)29-19-15-35(4)33-25(19)38-5/h7-9,14-15,20H,6,10-13H2,1-5H3,(H,28,37)(H,31,32)(H,27,29,30)/t20-/m1/s1. The highest BCUT2D eigenvalue weighted by Gasteiger charge is 2.27. The van der Waals surface area contributed by atoms with Crippen molar-refractivity contribution in [2.75, 3.05) is 51.0 Å². The highest BCUT2D eigenvalue weighted by Crippen LogP contribution is 2.32. The molecule has 0 unspecified atom stereocenters. The fraction of sp³-hybridized carbons (Fsp3) is 0.423. The molecule has 0 aliphatic carbocycles. The number of nitrogens with zero attached hydrogens (tertiary/aromatic N) is 7. The summed E-state index contributed by atoms with van der Waals surface area (Å²) in [7, 11) is 5.49. The number of rotatable bonds is 8. The Kier molecular flexibility index (Phi) is 7.25. The van der Waals surface area contributed by atoms with Crippen LogP contribution in [0, 0.1) is 6.92 Å². The molecule has 0 spiro atoms. The number of aryl methyl sites for hydroxylation is 2. The summed E-state index contributed by atoms with van der Waals surface area (Å²) < 4.78 is 6.98. The van der Waals surface area contributed by atoms with Gasteiger partial charge in [-0.05, 0) is 32.0 Å². The number of anilines is 3. The maximum Gasteiger partial charge on any atom is 0.256 e. The lowest BCUT2D eigenvalue weighted by Crippen LogP contribution is -2.52. The van der Waals surface area contributed by atoms with Gasteiger partial charge in [0.1, 0.15) is 11.2 Å². The molecule has 0 bridgehead atoms. The second kappa shape index (κ2) is 10.8. The molecular weight excluding hydrogens is 484 g/mol. The van der Waals surface area contributed by atoms with Gasteiger partial charge >= 0.3 is 0 Å². The number of para-hydroxylation sites is 1. The quantitative estimate of drug-likeness (QED) is 0.322. The SMILES string of the molecule is CC[C@H](C(=O)Nc1cccc2c(-c3nc(Nc4cn(C)nc4OC)ncc3C)[nH]nc12)N1CCN(C)CC1. The molecule has 1 aromatic carbocycles. The summed E-state index contributed by atoms with van der Waals surface area (Å²) in [5, 5.41) is 19.1. The highest BCUT2D eigenvalue weighted by molar-refractivity contribution is 6.05. The summed E-state index contributed by atoms with van der Waals surface area (Å²) in [6.07, 6.45) is 4.30. The maximum absolute atomic E-state index is 13.3. The number of piperazine rings is 1. The van der Waals surface area contributed by atoms with E-state index in [4.69, 9.17) is 9.72 Å². The summed E-state index contributed by atoms with van der Waals surface area (Å²) in [6, 6.07) is 5.60. The van der Waals surface area contributed by atoms with Crippen molar-refractivity contribution in [1.82, 2.24) is 39.7 Å². The van der Waals surface area contributed by atoms with Gasteiger partial charge in [0, 0.05) is 44.8 Å². The first-order valence-corrected chi connectivity index (χ1v) is 12.8. The molecule has 0 radical (unpaired) electrons. The second-order valence-corrected chi connectivity index (χ2v) is 9.63. The molecule has 1 aliphatic heterocycles. The first kappa shape index (κ1) is 25.6. The summed E-state index contributed by atoms with van der Waals surface area (Å²) in [5.74, 6) is 0.846. The average Bonchev–Trinajstić information content (AvgIpc) is 3.50. The molecule has 3 aromatic heterocycles. The number of fused-ring (bicyclic) bond motifs is 1. The molecule has 38 heavy (non-hydrogen) atoms. The number of benzene rings is 1. The molecule has 12 heteroatoms. The number of nitrogens with one attached hydrogen (secondary N) is 3. The first-order valence-electron chi connectivity index (χ1n) is 12.8. The Bertz CT molecular complexity index is 1440. The third kappa shape index (κ3) is 5.04. The summed E-state index contributed by atoms with van der Waals surface area (Å²) in [4.78, 5) is 27.1. The number of amides is 1. The van der Waals surface area contributed by atoms with Crippen LogP contribution in [0.15, 0.2) is 30.6 Å². The summed E-state index contributed by atoms with van der Waals surface area (Å²) in [5.41, 5.74) is 4.37. The number of carbonyl (C=O) groups is 1. The van der Waals surface area contributed by atoms with Gasteiger partial charge in [0.2, 0.25) is 11.9 Å². The summed E-state index contributed by atoms with van der Waals surface area (Å²) in [6.45, 7) is 7.70. The molecular formula is C26H34N10O2. The highest BCUT2D eigenvalue weighted by atomic mass is 16.5. The van der Waals surface area contributed by atoms with Crippen LogP contribution in [0.3, 0.4) is 0 Å². The molecule has 200 valence electrons. The van der Waals surface area contributed by atoms with Crippen molar-refractivity contribution in [1.29, 1.82) is 0 Å². The predicted octanol–water partition coefficient (Wildman–Crippen LogP) is 2.78. The number of likely N-dealkylation sites (N-methyl/N-ethyl adjacent to an activating group) is 1. The van der Waals surface area contributed by atoms with Crippen molar-refractivity contribution >= 4 is 34.1 Å². The molecule has 1 saturated heterocycles. The fourth-order valence-corrected chi connectivity index (χ4v) is 4.86. The molecule has 0 saturated carbocycles. The second-order valence-electron chi connectivity index (χ2n) is 9.63. The third-order valence-corrected chi connectivity index (χ3v) is 6.95. The van der Waals surface area contributed by atoms with Crippen LogP contribution in [-0.4, -0.2) is 92.0 Å². The number of methoxy groups -OCH3 is 1. The van der Waals surface area contributed by atoms with E-state index in [-0.39, 0.29) is 11.9 Å². The third-order valence-electron chi connectivity index (χ3n) is 6.95. The Labute approximate surface area is 221 Å². The lowest BCUT2D eigenvalue weighted by molar-refractivity contribution is -0.122. The van der Waals surface area contributed by atoms with Gasteiger partial charge in [-0.2, -0.15) is 5.10 Å². The van der Waals surface area contributed by atoms with E-state index in [1.807, 2.05) is 32.2 Å². The molecule has 4 aromatic rings. The van der Waals surface area contributed by atoms with E-state index >= 15 is 0 Å². The van der Waals surface area contributed by atoms with Crippen LogP contribution in [0.2, 0.25) is 0 Å². The summed E-state index contributed by atoms with van der Waals surface area (Å²) >= 11 is 0. The lowest BCUT2D eigenvalue weighted by atomic mass is 10.1. The van der Waals surface area contributed by atoms with Crippen LogP contribution >= 0.6 is 0 Å². The number of aromatic nitrogens is 6. The van der Waals surface area contributed by atoms with E-state index in [0.29, 0.717) is 34.4 Å². The van der Waals surface area contributed by atoms with Crippen molar-refractivity contribution in [3.05, 3.63) is 36.2 Å². The average molecular weight is 519 g/mol. The van der Waals surface area contributed by atoms with Gasteiger partial charge in [0.25, 0.3) is 5.88 Å². The van der Waals surface area contributed by atoms with Crippen LogP contribution in [0.1, 0.15) is 18.9 Å². The van der Waals surface area contributed by atoms with Crippen LogP contribution in [0.5, 0.6) is 5.88 Å². The van der Waals surface area contributed by atoms with Gasteiger partial charge in [0.15, 0.2) is 0 Å². The molecule has 5 rings (SSSR count). The Morgan fingerprint density at radius 1 is 1.18 bits per heavy atom. The predicted molar refractivity (Wildman–Crippen MR) is 147 cm³/mol. The Hall–Kier alpha value is -4.03. The van der Waals surface area contributed by atoms with Crippen LogP contribution in [0.25, 0.3) is 22.3 Å². The molecule has 12 nitrogen and oxygen atoms in total. The number of carbonyl (C=O) groups excluding carboxylic acids is 1. The van der Waals surface area contributed by atoms with E-state index in [2.05, 4.69) is 54.7 Å². The molecule has 3 N–H and O–H groups in total. The van der Waals surface area contributed by atoms with Gasteiger partial charge in [-0.3, -0.25) is 19.5 Å². The number of H-pyrrole nitrogens is 1. The van der Waals surface area contributed by atoms with E-state index < -0.39 is 0 Å². The largest absolute Gasteiger partial charge is 0.478 e. The van der Waals surface area contributed by atoms with Crippen molar-refractivity contribution < 1.29 is 9.53 Å². The molecule has 1 atom stereocenters. The van der Waals surface area contributed by atoms with Crippen LogP contribution in [-0.2, 0) is 11.8 Å². The topological polar surface area (TPSA) is 129 Å². The number of aromatic amines is 1. The molecule has 1 amide bonds. The minimum atomic E-state index is -0.181. The Morgan fingerprint density at radius 2 is 1.97 bits per heavy atom. The van der Waals surface area contributed by atoms with Crippen LogP contribution in [0.4, 0.5) is 17.3 Å². The van der Waals surface area contributed by atoms with E-state index in [1.165, 1.54) is 0 Å².